The molecule has 0 aliphatic heterocycles. The molecule has 2 N–H and O–H groups in total. The minimum Gasteiger partial charge on any atom is -0.340 e. The van der Waals surface area contributed by atoms with E-state index >= 15 is 0 Å². The number of aromatic nitrogens is 2. The van der Waals surface area contributed by atoms with Crippen LogP contribution < -0.4 is 10.6 Å². The van der Waals surface area contributed by atoms with E-state index in [2.05, 4.69) is 41.4 Å². The lowest BCUT2D eigenvalue weighted by atomic mass is 9.96. The molecule has 1 heterocycles. The predicted octanol–water partition coefficient (Wildman–Crippen LogP) is 3.87. The van der Waals surface area contributed by atoms with Crippen LogP contribution in [0, 0.1) is 5.92 Å². The number of hydrogen-bond acceptors (Lipinski definition) is 4. The minimum atomic E-state index is -0.0994. The fourth-order valence-corrected chi connectivity index (χ4v) is 2.20. The summed E-state index contributed by atoms with van der Waals surface area (Å²) in [6.45, 7) is 6.25. The van der Waals surface area contributed by atoms with Crippen molar-refractivity contribution in [3.8, 4) is 0 Å². The zero-order chi connectivity index (χ0) is 16.4. The summed E-state index contributed by atoms with van der Waals surface area (Å²) in [5.41, 5.74) is 1.59. The van der Waals surface area contributed by atoms with Crippen LogP contribution in [0.25, 0.3) is 0 Å². The average molecular weight is 310 g/mol. The Kier molecular flexibility index (Phi) is 4.03. The van der Waals surface area contributed by atoms with Crippen LogP contribution in [0.3, 0.4) is 0 Å². The van der Waals surface area contributed by atoms with Gasteiger partial charge in [-0.15, -0.1) is 0 Å². The standard InChI is InChI=1S/C18H22N4O/c1-18(2,3)17-19-10-9-15(22-17)20-13-5-4-6-14(11-13)21-16(23)12-7-8-12/h4-6,9-12H,7-8H2,1-3H3,(H,21,23)(H,19,20,22). The Morgan fingerprint density at radius 1 is 1.17 bits per heavy atom. The summed E-state index contributed by atoms with van der Waals surface area (Å²) >= 11 is 0. The predicted molar refractivity (Wildman–Crippen MR) is 91.8 cm³/mol. The van der Waals surface area contributed by atoms with Crippen LogP contribution in [-0.4, -0.2) is 15.9 Å². The number of hydrogen-bond donors (Lipinski definition) is 2. The largest absolute Gasteiger partial charge is 0.340 e. The Morgan fingerprint density at radius 2 is 1.91 bits per heavy atom. The summed E-state index contributed by atoms with van der Waals surface area (Å²) in [4.78, 5) is 20.7. The lowest BCUT2D eigenvalue weighted by Crippen LogP contribution is -2.16. The van der Waals surface area contributed by atoms with Gasteiger partial charge in [-0.3, -0.25) is 4.79 Å². The van der Waals surface area contributed by atoms with E-state index in [-0.39, 0.29) is 17.2 Å². The number of benzene rings is 1. The second-order valence-corrected chi connectivity index (χ2v) is 6.98. The van der Waals surface area contributed by atoms with E-state index in [1.807, 2.05) is 30.3 Å². The lowest BCUT2D eigenvalue weighted by Gasteiger charge is -2.17. The van der Waals surface area contributed by atoms with E-state index in [4.69, 9.17) is 0 Å². The highest BCUT2D eigenvalue weighted by Gasteiger charge is 2.29. The van der Waals surface area contributed by atoms with Gasteiger partial charge in [-0.1, -0.05) is 26.8 Å². The van der Waals surface area contributed by atoms with Crippen molar-refractivity contribution in [1.82, 2.24) is 9.97 Å². The molecule has 5 nitrogen and oxygen atoms in total. The van der Waals surface area contributed by atoms with Gasteiger partial charge in [0.25, 0.3) is 0 Å². The maximum Gasteiger partial charge on any atom is 0.227 e. The average Bonchev–Trinajstić information content (AvgIpc) is 3.31. The molecule has 5 heteroatoms. The third kappa shape index (κ3) is 4.06. The molecule has 0 bridgehead atoms. The van der Waals surface area contributed by atoms with Crippen LogP contribution >= 0.6 is 0 Å². The number of rotatable bonds is 4. The van der Waals surface area contributed by atoms with Gasteiger partial charge in [0.1, 0.15) is 11.6 Å². The number of amides is 1. The van der Waals surface area contributed by atoms with Crippen molar-refractivity contribution in [3.63, 3.8) is 0 Å². The summed E-state index contributed by atoms with van der Waals surface area (Å²) in [5, 5.41) is 6.23. The number of carbonyl (C=O) groups is 1. The zero-order valence-electron chi connectivity index (χ0n) is 13.8. The number of nitrogens with one attached hydrogen (secondary N) is 2. The molecular weight excluding hydrogens is 288 g/mol. The molecule has 120 valence electrons. The molecule has 1 aromatic heterocycles. The first-order valence-corrected chi connectivity index (χ1v) is 7.93. The van der Waals surface area contributed by atoms with Crippen molar-refractivity contribution in [1.29, 1.82) is 0 Å². The number of anilines is 3. The van der Waals surface area contributed by atoms with Gasteiger partial charge < -0.3 is 10.6 Å². The molecule has 0 saturated heterocycles. The Bertz CT molecular complexity index is 717. The van der Waals surface area contributed by atoms with Gasteiger partial charge in [0.05, 0.1) is 0 Å². The maximum atomic E-state index is 11.8. The van der Waals surface area contributed by atoms with Crippen molar-refractivity contribution in [3.05, 3.63) is 42.4 Å². The SMILES string of the molecule is CC(C)(C)c1nccc(Nc2cccc(NC(=O)C3CC3)c2)n1. The monoisotopic (exact) mass is 310 g/mol. The van der Waals surface area contributed by atoms with Crippen molar-refractivity contribution in [2.24, 2.45) is 5.92 Å². The summed E-state index contributed by atoms with van der Waals surface area (Å²) in [6.07, 6.45) is 3.76. The molecule has 0 radical (unpaired) electrons. The van der Waals surface area contributed by atoms with E-state index in [1.54, 1.807) is 6.20 Å². The number of nitrogens with zero attached hydrogens (tertiary/aromatic N) is 2. The van der Waals surface area contributed by atoms with Crippen molar-refractivity contribution in [2.75, 3.05) is 10.6 Å². The van der Waals surface area contributed by atoms with Crippen molar-refractivity contribution >= 4 is 23.1 Å². The quantitative estimate of drug-likeness (QED) is 0.899. The van der Waals surface area contributed by atoms with Gasteiger partial charge in [0.2, 0.25) is 5.91 Å². The summed E-state index contributed by atoms with van der Waals surface area (Å²) in [7, 11) is 0. The van der Waals surface area contributed by atoms with Gasteiger partial charge in [0, 0.05) is 28.9 Å². The van der Waals surface area contributed by atoms with Crippen LogP contribution in [0.2, 0.25) is 0 Å². The zero-order valence-corrected chi connectivity index (χ0v) is 13.8. The Labute approximate surface area is 136 Å². The molecular formula is C18H22N4O. The lowest BCUT2D eigenvalue weighted by molar-refractivity contribution is -0.117. The van der Waals surface area contributed by atoms with Crippen LogP contribution in [0.4, 0.5) is 17.2 Å². The first-order valence-electron chi connectivity index (χ1n) is 7.93. The molecule has 1 aromatic carbocycles. The first-order chi connectivity index (χ1) is 10.9. The summed E-state index contributed by atoms with van der Waals surface area (Å²) in [6, 6.07) is 9.51. The Hall–Kier alpha value is -2.43. The second kappa shape index (κ2) is 5.99. The third-order valence-electron chi connectivity index (χ3n) is 3.68. The molecule has 1 aliphatic carbocycles. The fraction of sp³-hybridized carbons (Fsp3) is 0.389. The van der Waals surface area contributed by atoms with Crippen molar-refractivity contribution in [2.45, 2.75) is 39.0 Å². The van der Waals surface area contributed by atoms with Gasteiger partial charge in [0.15, 0.2) is 0 Å². The van der Waals surface area contributed by atoms with Gasteiger partial charge >= 0.3 is 0 Å². The van der Waals surface area contributed by atoms with Crippen LogP contribution in [-0.2, 0) is 10.2 Å². The summed E-state index contributed by atoms with van der Waals surface area (Å²) < 4.78 is 0. The molecule has 2 aromatic rings. The van der Waals surface area contributed by atoms with E-state index in [0.717, 1.165) is 35.9 Å². The molecule has 3 rings (SSSR count). The highest BCUT2D eigenvalue weighted by molar-refractivity contribution is 5.94. The van der Waals surface area contributed by atoms with Gasteiger partial charge in [-0.05, 0) is 37.1 Å². The maximum absolute atomic E-state index is 11.8. The third-order valence-corrected chi connectivity index (χ3v) is 3.68. The molecule has 23 heavy (non-hydrogen) atoms. The second-order valence-electron chi connectivity index (χ2n) is 6.98. The molecule has 1 aliphatic rings. The van der Waals surface area contributed by atoms with E-state index in [0.29, 0.717) is 0 Å². The number of carbonyl (C=O) groups excluding carboxylic acids is 1. The highest BCUT2D eigenvalue weighted by Crippen LogP contribution is 2.30. The molecule has 0 spiro atoms. The van der Waals surface area contributed by atoms with E-state index in [1.165, 1.54) is 0 Å². The Morgan fingerprint density at radius 3 is 2.61 bits per heavy atom. The molecule has 1 amide bonds. The van der Waals surface area contributed by atoms with E-state index < -0.39 is 0 Å². The molecule has 0 unspecified atom stereocenters. The topological polar surface area (TPSA) is 66.9 Å². The van der Waals surface area contributed by atoms with Crippen LogP contribution in [0.5, 0.6) is 0 Å². The molecule has 1 fully saturated rings. The van der Waals surface area contributed by atoms with Gasteiger partial charge in [-0.2, -0.15) is 0 Å². The highest BCUT2D eigenvalue weighted by atomic mass is 16.2. The first kappa shape index (κ1) is 15.5. The minimum absolute atomic E-state index is 0.0994. The normalized spacial score (nSPS) is 14.4. The summed E-state index contributed by atoms with van der Waals surface area (Å²) in [5.74, 6) is 1.85. The van der Waals surface area contributed by atoms with Crippen LogP contribution in [0.15, 0.2) is 36.5 Å². The van der Waals surface area contributed by atoms with Crippen LogP contribution in [0.1, 0.15) is 39.4 Å². The smallest absolute Gasteiger partial charge is 0.227 e. The van der Waals surface area contributed by atoms with E-state index in [9.17, 15) is 4.79 Å². The van der Waals surface area contributed by atoms with Gasteiger partial charge in [-0.25, -0.2) is 9.97 Å². The van der Waals surface area contributed by atoms with Crippen molar-refractivity contribution < 1.29 is 4.79 Å². The molecule has 0 atom stereocenters. The molecule has 1 saturated carbocycles. The fourth-order valence-electron chi connectivity index (χ4n) is 2.20. The Balaban J connectivity index is 1.73.